The molecule has 0 bridgehead atoms. The zero-order valence-corrected chi connectivity index (χ0v) is 21.2. The van der Waals surface area contributed by atoms with E-state index in [4.69, 9.17) is 4.74 Å². The topological polar surface area (TPSA) is 80.3 Å². The van der Waals surface area contributed by atoms with Crippen LogP contribution in [0.2, 0.25) is 0 Å². The first-order valence-corrected chi connectivity index (χ1v) is 13.6. The Bertz CT molecular complexity index is 963. The molecule has 1 aromatic heterocycles. The van der Waals surface area contributed by atoms with E-state index in [2.05, 4.69) is 21.7 Å². The van der Waals surface area contributed by atoms with E-state index < -0.39 is 0 Å². The molecule has 7 heteroatoms. The average Bonchev–Trinajstić information content (AvgIpc) is 3.49. The molecular formula is C27H37N3O3S. The molecule has 0 unspecified atom stereocenters. The standard InChI is InChI=1S/C27H37N3O3S/c1-18-13-19(2)15-21(14-18)33-16-26-29-24(17-34-26)27(32)30-23-10-6-5-9-22(23)28-25(31)12-11-20-7-3-4-8-20/h13-15,17,20,22-23H,3-12,16H2,1-2H3,(H,28,31)(H,30,32)/t22-,23-/m1/s1. The van der Waals surface area contributed by atoms with Crippen LogP contribution in [0.15, 0.2) is 23.6 Å². The van der Waals surface area contributed by atoms with E-state index >= 15 is 0 Å². The number of benzene rings is 1. The highest BCUT2D eigenvalue weighted by Gasteiger charge is 2.29. The van der Waals surface area contributed by atoms with Crippen molar-refractivity contribution < 1.29 is 14.3 Å². The summed E-state index contributed by atoms with van der Waals surface area (Å²) in [5.41, 5.74) is 2.73. The Hall–Kier alpha value is -2.41. The molecular weight excluding hydrogens is 446 g/mol. The van der Waals surface area contributed by atoms with Gasteiger partial charge in [0.1, 0.15) is 23.1 Å². The fraction of sp³-hybridized carbons (Fsp3) is 0.593. The van der Waals surface area contributed by atoms with Crippen molar-refractivity contribution in [3.8, 4) is 5.75 Å². The lowest BCUT2D eigenvalue weighted by Gasteiger charge is -2.32. The van der Waals surface area contributed by atoms with Crippen molar-refractivity contribution in [3.63, 3.8) is 0 Å². The molecule has 2 aromatic rings. The second-order valence-electron chi connectivity index (χ2n) is 9.97. The Balaban J connectivity index is 1.27. The molecule has 184 valence electrons. The predicted octanol–water partition coefficient (Wildman–Crippen LogP) is 5.47. The summed E-state index contributed by atoms with van der Waals surface area (Å²) in [4.78, 5) is 29.9. The SMILES string of the molecule is Cc1cc(C)cc(OCc2nc(C(=O)N[C@@H]3CCCC[C@H]3NC(=O)CCC3CCCC3)cs2)c1. The van der Waals surface area contributed by atoms with Crippen LogP contribution in [0.1, 0.15) is 90.8 Å². The van der Waals surface area contributed by atoms with Crippen LogP contribution in [0.25, 0.3) is 0 Å². The maximum atomic E-state index is 12.9. The summed E-state index contributed by atoms with van der Waals surface area (Å²) in [6.07, 6.45) is 10.7. The number of carbonyl (C=O) groups is 2. The number of ether oxygens (including phenoxy) is 1. The van der Waals surface area contributed by atoms with Gasteiger partial charge in [-0.2, -0.15) is 0 Å². The third kappa shape index (κ3) is 7.05. The molecule has 0 radical (unpaired) electrons. The molecule has 6 nitrogen and oxygen atoms in total. The van der Waals surface area contributed by atoms with Crippen LogP contribution in [0, 0.1) is 19.8 Å². The second-order valence-corrected chi connectivity index (χ2v) is 10.9. The molecule has 2 saturated carbocycles. The first-order chi connectivity index (χ1) is 16.5. The molecule has 2 fully saturated rings. The molecule has 4 rings (SSSR count). The normalized spacial score (nSPS) is 20.8. The van der Waals surface area contributed by atoms with Crippen molar-refractivity contribution >= 4 is 23.2 Å². The third-order valence-electron chi connectivity index (χ3n) is 7.03. The van der Waals surface area contributed by atoms with Gasteiger partial charge in [0, 0.05) is 23.9 Å². The van der Waals surface area contributed by atoms with Gasteiger partial charge in [-0.3, -0.25) is 9.59 Å². The number of aryl methyl sites for hydroxylation is 2. The summed E-state index contributed by atoms with van der Waals surface area (Å²) < 4.78 is 5.89. The highest BCUT2D eigenvalue weighted by molar-refractivity contribution is 7.09. The molecule has 2 aliphatic carbocycles. The van der Waals surface area contributed by atoms with Crippen LogP contribution in [-0.4, -0.2) is 28.9 Å². The van der Waals surface area contributed by atoms with Crippen LogP contribution in [-0.2, 0) is 11.4 Å². The largest absolute Gasteiger partial charge is 0.486 e. The minimum absolute atomic E-state index is 0.000206. The summed E-state index contributed by atoms with van der Waals surface area (Å²) >= 11 is 1.43. The zero-order valence-electron chi connectivity index (χ0n) is 20.4. The van der Waals surface area contributed by atoms with Crippen molar-refractivity contribution in [3.05, 3.63) is 45.4 Å². The average molecular weight is 484 g/mol. The highest BCUT2D eigenvalue weighted by atomic mass is 32.1. The van der Waals surface area contributed by atoms with E-state index in [1.807, 2.05) is 26.0 Å². The lowest BCUT2D eigenvalue weighted by atomic mass is 9.90. The number of amides is 2. The number of nitrogens with zero attached hydrogens (tertiary/aromatic N) is 1. The molecule has 2 aliphatic rings. The number of hydrogen-bond acceptors (Lipinski definition) is 5. The van der Waals surface area contributed by atoms with Crippen LogP contribution in [0.4, 0.5) is 0 Å². The fourth-order valence-corrected chi connectivity index (χ4v) is 5.96. The van der Waals surface area contributed by atoms with Gasteiger partial charge >= 0.3 is 0 Å². The van der Waals surface area contributed by atoms with Gasteiger partial charge in [-0.25, -0.2) is 4.98 Å². The summed E-state index contributed by atoms with van der Waals surface area (Å²) in [7, 11) is 0. The van der Waals surface area contributed by atoms with Crippen molar-refractivity contribution in [2.24, 2.45) is 5.92 Å². The summed E-state index contributed by atoms with van der Waals surface area (Å²) in [5, 5.41) is 8.90. The number of aromatic nitrogens is 1. The van der Waals surface area contributed by atoms with Gasteiger partial charge in [-0.1, -0.05) is 44.6 Å². The van der Waals surface area contributed by atoms with Crippen LogP contribution >= 0.6 is 11.3 Å². The molecule has 0 aliphatic heterocycles. The van der Waals surface area contributed by atoms with Gasteiger partial charge in [-0.15, -0.1) is 11.3 Å². The Labute approximate surface area is 206 Å². The van der Waals surface area contributed by atoms with Gasteiger partial charge in [-0.05, 0) is 62.3 Å². The number of hydrogen-bond donors (Lipinski definition) is 2. The minimum atomic E-state index is -0.175. The number of thiazole rings is 1. The molecule has 0 saturated heterocycles. The molecule has 2 atom stereocenters. The highest BCUT2D eigenvalue weighted by Crippen LogP contribution is 2.28. The van der Waals surface area contributed by atoms with Crippen molar-refractivity contribution in [2.75, 3.05) is 0 Å². The first kappa shape index (κ1) is 24.7. The fourth-order valence-electron chi connectivity index (χ4n) is 5.27. The van der Waals surface area contributed by atoms with E-state index in [1.165, 1.54) is 37.0 Å². The lowest BCUT2D eigenvalue weighted by Crippen LogP contribution is -2.53. The van der Waals surface area contributed by atoms with Gasteiger partial charge < -0.3 is 15.4 Å². The Kier molecular flexibility index (Phi) is 8.59. The number of rotatable bonds is 9. The summed E-state index contributed by atoms with van der Waals surface area (Å²) in [6.45, 7) is 4.43. The maximum Gasteiger partial charge on any atom is 0.271 e. The maximum absolute atomic E-state index is 12.9. The number of carbonyl (C=O) groups excluding carboxylic acids is 2. The van der Waals surface area contributed by atoms with Gasteiger partial charge in [0.25, 0.3) is 5.91 Å². The van der Waals surface area contributed by atoms with Crippen molar-refractivity contribution in [1.29, 1.82) is 0 Å². The van der Waals surface area contributed by atoms with E-state index in [0.717, 1.165) is 54.0 Å². The second kappa shape index (κ2) is 11.8. The first-order valence-electron chi connectivity index (χ1n) is 12.7. The van der Waals surface area contributed by atoms with Gasteiger partial charge in [0.2, 0.25) is 5.91 Å². The molecule has 2 N–H and O–H groups in total. The summed E-state index contributed by atoms with van der Waals surface area (Å²) in [5.74, 6) is 1.47. The molecule has 2 amide bonds. The van der Waals surface area contributed by atoms with E-state index in [1.54, 1.807) is 5.38 Å². The quantitative estimate of drug-likeness (QED) is 0.496. The Morgan fingerprint density at radius 1 is 0.971 bits per heavy atom. The van der Waals surface area contributed by atoms with E-state index in [9.17, 15) is 9.59 Å². The van der Waals surface area contributed by atoms with Crippen LogP contribution in [0.5, 0.6) is 5.75 Å². The molecule has 34 heavy (non-hydrogen) atoms. The molecule has 0 spiro atoms. The Morgan fingerprint density at radius 3 is 2.32 bits per heavy atom. The van der Waals surface area contributed by atoms with Gasteiger partial charge in [0.15, 0.2) is 0 Å². The van der Waals surface area contributed by atoms with Crippen molar-refractivity contribution in [2.45, 2.75) is 96.7 Å². The van der Waals surface area contributed by atoms with Crippen LogP contribution < -0.4 is 15.4 Å². The molecule has 1 heterocycles. The number of nitrogens with one attached hydrogen (secondary N) is 2. The van der Waals surface area contributed by atoms with E-state index in [0.29, 0.717) is 24.6 Å². The zero-order chi connectivity index (χ0) is 23.9. The van der Waals surface area contributed by atoms with Crippen molar-refractivity contribution in [1.82, 2.24) is 15.6 Å². The summed E-state index contributed by atoms with van der Waals surface area (Å²) in [6, 6.07) is 6.06. The van der Waals surface area contributed by atoms with Crippen LogP contribution in [0.3, 0.4) is 0 Å². The smallest absolute Gasteiger partial charge is 0.271 e. The monoisotopic (exact) mass is 483 g/mol. The minimum Gasteiger partial charge on any atom is -0.486 e. The predicted molar refractivity (Wildman–Crippen MR) is 135 cm³/mol. The Morgan fingerprint density at radius 2 is 1.62 bits per heavy atom. The lowest BCUT2D eigenvalue weighted by molar-refractivity contribution is -0.122. The van der Waals surface area contributed by atoms with Gasteiger partial charge in [0.05, 0.1) is 0 Å². The van der Waals surface area contributed by atoms with E-state index in [-0.39, 0.29) is 23.9 Å². The third-order valence-corrected chi connectivity index (χ3v) is 7.85. The molecule has 1 aromatic carbocycles.